The van der Waals surface area contributed by atoms with Crippen molar-refractivity contribution in [2.45, 2.75) is 32.3 Å². The zero-order valence-corrected chi connectivity index (χ0v) is 12.7. The highest BCUT2D eigenvalue weighted by Crippen LogP contribution is 2.34. The standard InChI is InChI=1S/C18H19NO3/c1-11(2)14-6-4-3-5-12(14)9-17-18(21)19-15-8-7-13(20)10-16(15)22-17/h3-8,10-11,17,20H,9H2,1-2H3,(H,19,21). The summed E-state index contributed by atoms with van der Waals surface area (Å²) in [5.74, 6) is 0.860. The Hall–Kier alpha value is -2.49. The van der Waals surface area contributed by atoms with Crippen LogP contribution < -0.4 is 10.1 Å². The van der Waals surface area contributed by atoms with Crippen LogP contribution in [-0.2, 0) is 11.2 Å². The number of carbonyl (C=O) groups excluding carboxylic acids is 1. The van der Waals surface area contributed by atoms with E-state index in [0.717, 1.165) is 5.56 Å². The van der Waals surface area contributed by atoms with Gasteiger partial charge in [-0.2, -0.15) is 0 Å². The minimum atomic E-state index is -0.589. The molecule has 1 amide bonds. The van der Waals surface area contributed by atoms with Gasteiger partial charge in [-0.1, -0.05) is 38.1 Å². The molecule has 2 aromatic carbocycles. The van der Waals surface area contributed by atoms with Crippen molar-refractivity contribution < 1.29 is 14.6 Å². The molecule has 1 heterocycles. The Labute approximate surface area is 129 Å². The van der Waals surface area contributed by atoms with Crippen molar-refractivity contribution in [2.24, 2.45) is 0 Å². The Morgan fingerprint density at radius 3 is 2.77 bits per heavy atom. The zero-order chi connectivity index (χ0) is 15.7. The molecule has 4 nitrogen and oxygen atoms in total. The van der Waals surface area contributed by atoms with Gasteiger partial charge >= 0.3 is 0 Å². The second-order valence-electron chi connectivity index (χ2n) is 5.83. The van der Waals surface area contributed by atoms with E-state index < -0.39 is 6.10 Å². The third-order valence-corrected chi connectivity index (χ3v) is 3.87. The highest BCUT2D eigenvalue weighted by molar-refractivity contribution is 5.98. The van der Waals surface area contributed by atoms with Crippen LogP contribution in [0.3, 0.4) is 0 Å². The first-order chi connectivity index (χ1) is 10.5. The Morgan fingerprint density at radius 2 is 2.00 bits per heavy atom. The van der Waals surface area contributed by atoms with Crippen LogP contribution in [0.25, 0.3) is 0 Å². The summed E-state index contributed by atoms with van der Waals surface area (Å²) in [5, 5.41) is 12.4. The number of anilines is 1. The van der Waals surface area contributed by atoms with Crippen molar-refractivity contribution in [3.05, 3.63) is 53.6 Å². The van der Waals surface area contributed by atoms with E-state index in [0.29, 0.717) is 23.8 Å². The van der Waals surface area contributed by atoms with Crippen LogP contribution in [0.2, 0.25) is 0 Å². The molecule has 0 saturated heterocycles. The van der Waals surface area contributed by atoms with Crippen molar-refractivity contribution in [1.82, 2.24) is 0 Å². The minimum Gasteiger partial charge on any atom is -0.508 e. The number of fused-ring (bicyclic) bond motifs is 1. The smallest absolute Gasteiger partial charge is 0.265 e. The molecule has 1 aliphatic rings. The van der Waals surface area contributed by atoms with Gasteiger partial charge in [-0.3, -0.25) is 4.79 Å². The van der Waals surface area contributed by atoms with E-state index in [1.165, 1.54) is 17.7 Å². The van der Waals surface area contributed by atoms with Gasteiger partial charge in [0.1, 0.15) is 11.5 Å². The first-order valence-electron chi connectivity index (χ1n) is 7.43. The number of phenolic OH excluding ortho intramolecular Hbond substituents is 1. The average molecular weight is 297 g/mol. The van der Waals surface area contributed by atoms with Gasteiger partial charge in [-0.05, 0) is 29.2 Å². The van der Waals surface area contributed by atoms with Crippen LogP contribution in [0.4, 0.5) is 5.69 Å². The van der Waals surface area contributed by atoms with Crippen LogP contribution in [0.15, 0.2) is 42.5 Å². The number of rotatable bonds is 3. The van der Waals surface area contributed by atoms with Crippen molar-refractivity contribution in [1.29, 1.82) is 0 Å². The maximum absolute atomic E-state index is 12.2. The van der Waals surface area contributed by atoms with E-state index in [1.54, 1.807) is 6.07 Å². The quantitative estimate of drug-likeness (QED) is 0.853. The van der Waals surface area contributed by atoms with Gasteiger partial charge < -0.3 is 15.2 Å². The zero-order valence-electron chi connectivity index (χ0n) is 12.7. The molecule has 0 bridgehead atoms. The van der Waals surface area contributed by atoms with Gasteiger partial charge in [0.25, 0.3) is 5.91 Å². The maximum atomic E-state index is 12.2. The molecule has 0 saturated carbocycles. The number of phenols is 1. The molecule has 2 N–H and O–H groups in total. The Bertz CT molecular complexity index is 709. The molecule has 1 unspecified atom stereocenters. The van der Waals surface area contributed by atoms with Gasteiger partial charge in [0, 0.05) is 12.5 Å². The molecule has 0 radical (unpaired) electrons. The number of hydrogen-bond donors (Lipinski definition) is 2. The summed E-state index contributed by atoms with van der Waals surface area (Å²) < 4.78 is 5.79. The highest BCUT2D eigenvalue weighted by Gasteiger charge is 2.28. The lowest BCUT2D eigenvalue weighted by molar-refractivity contribution is -0.123. The third-order valence-electron chi connectivity index (χ3n) is 3.87. The van der Waals surface area contributed by atoms with Gasteiger partial charge in [0.05, 0.1) is 5.69 Å². The SMILES string of the molecule is CC(C)c1ccccc1CC1Oc2cc(O)ccc2NC1=O. The van der Waals surface area contributed by atoms with Crippen molar-refractivity contribution in [3.63, 3.8) is 0 Å². The Balaban J connectivity index is 1.86. The number of aromatic hydroxyl groups is 1. The second kappa shape index (κ2) is 5.72. The molecule has 0 aromatic heterocycles. The number of hydrogen-bond acceptors (Lipinski definition) is 3. The fourth-order valence-electron chi connectivity index (χ4n) is 2.75. The lowest BCUT2D eigenvalue weighted by Crippen LogP contribution is -2.38. The lowest BCUT2D eigenvalue weighted by atomic mass is 9.93. The van der Waals surface area contributed by atoms with Crippen LogP contribution in [0.5, 0.6) is 11.5 Å². The molecule has 1 atom stereocenters. The molecule has 0 spiro atoms. The van der Waals surface area contributed by atoms with Crippen LogP contribution in [0, 0.1) is 0 Å². The van der Waals surface area contributed by atoms with E-state index >= 15 is 0 Å². The third kappa shape index (κ3) is 2.77. The first-order valence-corrected chi connectivity index (χ1v) is 7.43. The first kappa shape index (κ1) is 14.4. The summed E-state index contributed by atoms with van der Waals surface area (Å²) in [6, 6.07) is 12.8. The molecule has 3 rings (SSSR count). The van der Waals surface area contributed by atoms with Gasteiger partial charge in [0.15, 0.2) is 6.10 Å². The average Bonchev–Trinajstić information content (AvgIpc) is 2.49. The molecule has 0 aliphatic carbocycles. The molecule has 22 heavy (non-hydrogen) atoms. The number of carbonyl (C=O) groups is 1. The summed E-state index contributed by atoms with van der Waals surface area (Å²) in [6.45, 7) is 4.27. The van der Waals surface area contributed by atoms with Crippen LogP contribution >= 0.6 is 0 Å². The van der Waals surface area contributed by atoms with E-state index in [1.807, 2.05) is 18.2 Å². The van der Waals surface area contributed by atoms with E-state index in [-0.39, 0.29) is 11.7 Å². The van der Waals surface area contributed by atoms with Crippen LogP contribution in [-0.4, -0.2) is 17.1 Å². The van der Waals surface area contributed by atoms with Gasteiger partial charge in [-0.25, -0.2) is 0 Å². The Morgan fingerprint density at radius 1 is 1.23 bits per heavy atom. The normalized spacial score (nSPS) is 16.9. The van der Waals surface area contributed by atoms with Gasteiger partial charge in [-0.15, -0.1) is 0 Å². The molecule has 2 aromatic rings. The number of amides is 1. The minimum absolute atomic E-state index is 0.122. The summed E-state index contributed by atoms with van der Waals surface area (Å²) >= 11 is 0. The molecule has 4 heteroatoms. The van der Waals surface area contributed by atoms with Gasteiger partial charge in [0.2, 0.25) is 0 Å². The predicted octanol–water partition coefficient (Wildman–Crippen LogP) is 3.46. The van der Waals surface area contributed by atoms with E-state index in [4.69, 9.17) is 4.74 Å². The monoisotopic (exact) mass is 297 g/mol. The van der Waals surface area contributed by atoms with Crippen molar-refractivity contribution in [3.8, 4) is 11.5 Å². The maximum Gasteiger partial charge on any atom is 0.265 e. The molecule has 0 fully saturated rings. The second-order valence-corrected chi connectivity index (χ2v) is 5.83. The predicted molar refractivity (Wildman–Crippen MR) is 85.4 cm³/mol. The molecular weight excluding hydrogens is 278 g/mol. The number of benzene rings is 2. The summed E-state index contributed by atoms with van der Waals surface area (Å²) in [7, 11) is 0. The number of nitrogens with one attached hydrogen (secondary N) is 1. The largest absolute Gasteiger partial charge is 0.508 e. The summed E-state index contributed by atoms with van der Waals surface area (Å²) in [4.78, 5) is 12.2. The molecular formula is C18H19NO3. The summed E-state index contributed by atoms with van der Waals surface area (Å²) in [5.41, 5.74) is 2.93. The van der Waals surface area contributed by atoms with E-state index in [2.05, 4.69) is 25.2 Å². The fraction of sp³-hybridized carbons (Fsp3) is 0.278. The fourth-order valence-corrected chi connectivity index (χ4v) is 2.75. The Kier molecular flexibility index (Phi) is 3.75. The number of ether oxygens (including phenoxy) is 1. The highest BCUT2D eigenvalue weighted by atomic mass is 16.5. The lowest BCUT2D eigenvalue weighted by Gasteiger charge is -2.27. The summed E-state index contributed by atoms with van der Waals surface area (Å²) in [6.07, 6.45) is -0.0795. The molecule has 114 valence electrons. The van der Waals surface area contributed by atoms with Crippen LogP contribution in [0.1, 0.15) is 30.9 Å². The van der Waals surface area contributed by atoms with Crippen molar-refractivity contribution >= 4 is 11.6 Å². The van der Waals surface area contributed by atoms with E-state index in [9.17, 15) is 9.90 Å². The van der Waals surface area contributed by atoms with Crippen molar-refractivity contribution in [2.75, 3.05) is 5.32 Å². The molecule has 1 aliphatic heterocycles. The topological polar surface area (TPSA) is 58.6 Å².